The number of nitrogens with one attached hydrogen (secondary N) is 1. The first-order valence-corrected chi connectivity index (χ1v) is 9.40. The van der Waals surface area contributed by atoms with Crippen molar-refractivity contribution >= 4 is 28.9 Å². The number of carbonyl (C=O) groups excluding carboxylic acids is 2. The number of hydrogen-bond donors (Lipinski definition) is 1. The molecule has 1 unspecified atom stereocenters. The summed E-state index contributed by atoms with van der Waals surface area (Å²) in [6.07, 6.45) is 3.22. The summed E-state index contributed by atoms with van der Waals surface area (Å²) in [4.78, 5) is 26.2. The quantitative estimate of drug-likeness (QED) is 0.831. The van der Waals surface area contributed by atoms with E-state index in [-0.39, 0.29) is 12.5 Å². The topological polar surface area (TPSA) is 55.4 Å². The van der Waals surface area contributed by atoms with Crippen LogP contribution in [0.1, 0.15) is 44.6 Å². The Kier molecular flexibility index (Phi) is 5.23. The lowest BCUT2D eigenvalue weighted by atomic mass is 9.90. The predicted octanol–water partition coefficient (Wildman–Crippen LogP) is 4.29. The molecule has 5 heteroatoms. The van der Waals surface area contributed by atoms with Gasteiger partial charge >= 0.3 is 5.97 Å². The van der Waals surface area contributed by atoms with Crippen LogP contribution in [0.3, 0.4) is 0 Å². The SMILES string of the molecule is Cc1ccc(C)c(NC(=O)COC(=O)c2cc3c(s2)CCC(C)C3)c1. The Morgan fingerprint density at radius 1 is 1.28 bits per heavy atom. The molecule has 1 aliphatic carbocycles. The third-order valence-corrected chi connectivity index (χ3v) is 5.75. The van der Waals surface area contributed by atoms with Crippen molar-refractivity contribution in [1.29, 1.82) is 0 Å². The fourth-order valence-corrected chi connectivity index (χ4v) is 4.17. The van der Waals surface area contributed by atoms with E-state index in [2.05, 4.69) is 12.2 Å². The minimum atomic E-state index is -0.414. The van der Waals surface area contributed by atoms with Gasteiger partial charge in [0.15, 0.2) is 6.61 Å². The Bertz CT molecular complexity index is 809. The van der Waals surface area contributed by atoms with E-state index >= 15 is 0 Å². The summed E-state index contributed by atoms with van der Waals surface area (Å²) < 4.78 is 5.20. The normalized spacial score (nSPS) is 16.2. The largest absolute Gasteiger partial charge is 0.451 e. The summed E-state index contributed by atoms with van der Waals surface area (Å²) in [5, 5.41) is 2.80. The van der Waals surface area contributed by atoms with Crippen LogP contribution >= 0.6 is 11.3 Å². The maximum atomic E-state index is 12.2. The van der Waals surface area contributed by atoms with Crippen molar-refractivity contribution in [2.24, 2.45) is 5.92 Å². The lowest BCUT2D eigenvalue weighted by Gasteiger charge is -2.16. The number of benzene rings is 1. The van der Waals surface area contributed by atoms with Gasteiger partial charge in [0.25, 0.3) is 5.91 Å². The highest BCUT2D eigenvalue weighted by molar-refractivity contribution is 7.14. The van der Waals surface area contributed by atoms with Crippen LogP contribution in [0.2, 0.25) is 0 Å². The van der Waals surface area contributed by atoms with E-state index in [1.54, 1.807) is 0 Å². The van der Waals surface area contributed by atoms with Gasteiger partial charge in [0.2, 0.25) is 0 Å². The zero-order valence-corrected chi connectivity index (χ0v) is 15.7. The smallest absolute Gasteiger partial charge is 0.348 e. The Hall–Kier alpha value is -2.14. The van der Waals surface area contributed by atoms with Crippen LogP contribution in [0.25, 0.3) is 0 Å². The van der Waals surface area contributed by atoms with E-state index in [0.29, 0.717) is 10.8 Å². The summed E-state index contributed by atoms with van der Waals surface area (Å²) in [5.74, 6) is -0.0746. The van der Waals surface area contributed by atoms with E-state index in [1.807, 2.05) is 38.1 Å². The fourth-order valence-electron chi connectivity index (χ4n) is 3.07. The molecule has 1 atom stereocenters. The van der Waals surface area contributed by atoms with Crippen LogP contribution < -0.4 is 5.32 Å². The highest BCUT2D eigenvalue weighted by Gasteiger charge is 2.21. The second-order valence-electron chi connectivity index (χ2n) is 6.85. The molecule has 0 saturated carbocycles. The molecule has 2 aromatic rings. The summed E-state index contributed by atoms with van der Waals surface area (Å²) in [6, 6.07) is 7.78. The van der Waals surface area contributed by atoms with Gasteiger partial charge < -0.3 is 10.1 Å². The first-order chi connectivity index (χ1) is 11.9. The number of thiophene rings is 1. The second kappa shape index (κ2) is 7.40. The molecular formula is C20H23NO3S. The van der Waals surface area contributed by atoms with Crippen LogP contribution in [-0.4, -0.2) is 18.5 Å². The molecule has 1 heterocycles. The molecule has 1 aliphatic rings. The average molecular weight is 357 g/mol. The number of anilines is 1. The third kappa shape index (κ3) is 4.28. The molecule has 132 valence electrons. The summed E-state index contributed by atoms with van der Waals surface area (Å²) in [6.45, 7) is 5.86. The molecule has 25 heavy (non-hydrogen) atoms. The fraction of sp³-hybridized carbons (Fsp3) is 0.400. The predicted molar refractivity (Wildman–Crippen MR) is 100 cm³/mol. The van der Waals surface area contributed by atoms with Crippen LogP contribution in [0.4, 0.5) is 5.69 Å². The van der Waals surface area contributed by atoms with E-state index in [1.165, 1.54) is 28.2 Å². The van der Waals surface area contributed by atoms with Crippen LogP contribution in [-0.2, 0) is 22.4 Å². The third-order valence-electron chi connectivity index (χ3n) is 4.53. The molecule has 1 amide bonds. The Labute approximate surface area is 152 Å². The van der Waals surface area contributed by atoms with E-state index in [9.17, 15) is 9.59 Å². The first-order valence-electron chi connectivity index (χ1n) is 8.58. The molecule has 1 aromatic heterocycles. The van der Waals surface area contributed by atoms with Crippen molar-refractivity contribution in [3.63, 3.8) is 0 Å². The number of aryl methyl sites for hydroxylation is 3. The van der Waals surface area contributed by atoms with Gasteiger partial charge in [-0.3, -0.25) is 4.79 Å². The van der Waals surface area contributed by atoms with Gasteiger partial charge in [0.1, 0.15) is 4.88 Å². The van der Waals surface area contributed by atoms with Crippen molar-refractivity contribution in [2.75, 3.05) is 11.9 Å². The Morgan fingerprint density at radius 2 is 2.08 bits per heavy atom. The van der Waals surface area contributed by atoms with Crippen LogP contribution in [0.5, 0.6) is 0 Å². The van der Waals surface area contributed by atoms with Crippen LogP contribution in [0.15, 0.2) is 24.3 Å². The number of hydrogen-bond acceptors (Lipinski definition) is 4. The van der Waals surface area contributed by atoms with E-state index in [0.717, 1.165) is 29.7 Å². The van der Waals surface area contributed by atoms with Crippen LogP contribution in [0, 0.1) is 19.8 Å². The zero-order valence-electron chi connectivity index (χ0n) is 14.8. The summed E-state index contributed by atoms with van der Waals surface area (Å²) in [7, 11) is 0. The second-order valence-corrected chi connectivity index (χ2v) is 7.99. The van der Waals surface area contributed by atoms with Gasteiger partial charge in [-0.2, -0.15) is 0 Å². The molecule has 3 rings (SSSR count). The molecule has 0 fully saturated rings. The standard InChI is InChI=1S/C20H23NO3S/c1-12-5-7-17-15(8-12)10-18(25-17)20(23)24-11-19(22)21-16-9-13(2)4-6-14(16)3/h4,6,9-10,12H,5,7-8,11H2,1-3H3,(H,21,22). The van der Waals surface area contributed by atoms with E-state index in [4.69, 9.17) is 4.74 Å². The average Bonchev–Trinajstić information content (AvgIpc) is 2.99. The number of rotatable bonds is 4. The molecule has 0 bridgehead atoms. The van der Waals surface area contributed by atoms with Gasteiger partial charge in [-0.1, -0.05) is 19.1 Å². The molecule has 4 nitrogen and oxygen atoms in total. The summed E-state index contributed by atoms with van der Waals surface area (Å²) in [5.41, 5.74) is 4.05. The maximum Gasteiger partial charge on any atom is 0.348 e. The molecule has 0 spiro atoms. The van der Waals surface area contributed by atoms with Crippen molar-refractivity contribution in [3.05, 3.63) is 50.7 Å². The van der Waals surface area contributed by atoms with Gasteiger partial charge in [-0.05, 0) is 67.9 Å². The number of ether oxygens (including phenoxy) is 1. The number of carbonyl (C=O) groups is 2. The van der Waals surface area contributed by atoms with E-state index < -0.39 is 5.97 Å². The minimum absolute atomic E-state index is 0.273. The molecule has 0 aliphatic heterocycles. The van der Waals surface area contributed by atoms with Crippen molar-refractivity contribution < 1.29 is 14.3 Å². The summed E-state index contributed by atoms with van der Waals surface area (Å²) >= 11 is 1.50. The Morgan fingerprint density at radius 3 is 2.88 bits per heavy atom. The number of amides is 1. The lowest BCUT2D eigenvalue weighted by Crippen LogP contribution is -2.21. The number of fused-ring (bicyclic) bond motifs is 1. The van der Waals surface area contributed by atoms with Gasteiger partial charge in [0, 0.05) is 10.6 Å². The molecular weight excluding hydrogens is 334 g/mol. The molecule has 1 aromatic carbocycles. The van der Waals surface area contributed by atoms with Crippen molar-refractivity contribution in [3.8, 4) is 0 Å². The van der Waals surface area contributed by atoms with Gasteiger partial charge in [-0.15, -0.1) is 11.3 Å². The van der Waals surface area contributed by atoms with Gasteiger partial charge in [0.05, 0.1) is 0 Å². The lowest BCUT2D eigenvalue weighted by molar-refractivity contribution is -0.119. The highest BCUT2D eigenvalue weighted by atomic mass is 32.1. The van der Waals surface area contributed by atoms with Gasteiger partial charge in [-0.25, -0.2) is 4.79 Å². The Balaban J connectivity index is 1.57. The van der Waals surface area contributed by atoms with Crippen molar-refractivity contribution in [1.82, 2.24) is 0 Å². The molecule has 0 radical (unpaired) electrons. The molecule has 0 saturated heterocycles. The highest BCUT2D eigenvalue weighted by Crippen LogP contribution is 2.32. The first kappa shape index (κ1) is 17.7. The monoisotopic (exact) mass is 357 g/mol. The molecule has 1 N–H and O–H groups in total. The van der Waals surface area contributed by atoms with Crippen molar-refractivity contribution in [2.45, 2.75) is 40.0 Å². The minimum Gasteiger partial charge on any atom is -0.451 e. The maximum absolute atomic E-state index is 12.2. The zero-order chi connectivity index (χ0) is 18.0. The number of esters is 1.